The van der Waals surface area contributed by atoms with Gasteiger partial charge in [0.1, 0.15) is 11.3 Å². The zero-order valence-corrected chi connectivity index (χ0v) is 18.0. The molecule has 0 amide bonds. The lowest BCUT2D eigenvalue weighted by atomic mass is 10.0. The fourth-order valence-corrected chi connectivity index (χ4v) is 4.01. The van der Waals surface area contributed by atoms with Crippen LogP contribution in [0.15, 0.2) is 59.5 Å². The lowest BCUT2D eigenvalue weighted by Crippen LogP contribution is -2.19. The second-order valence-corrected chi connectivity index (χ2v) is 7.91. The smallest absolute Gasteiger partial charge is 0.296 e. The topological polar surface area (TPSA) is 65.1 Å². The Morgan fingerprint density at radius 3 is 2.45 bits per heavy atom. The van der Waals surface area contributed by atoms with Gasteiger partial charge in [-0.1, -0.05) is 12.1 Å². The minimum atomic E-state index is -4.57. The Morgan fingerprint density at radius 2 is 1.73 bits per heavy atom. The fraction of sp³-hybridized carbons (Fsp3) is 0.167. The van der Waals surface area contributed by atoms with Crippen molar-refractivity contribution in [3.8, 4) is 22.4 Å². The van der Waals surface area contributed by atoms with Gasteiger partial charge in [-0.3, -0.25) is 19.3 Å². The highest BCUT2D eigenvalue weighted by atomic mass is 19.4. The molecule has 0 fully saturated rings. The van der Waals surface area contributed by atoms with E-state index in [-0.39, 0.29) is 11.1 Å². The van der Waals surface area contributed by atoms with Crippen LogP contribution in [0.3, 0.4) is 0 Å². The zero-order chi connectivity index (χ0) is 23.5. The van der Waals surface area contributed by atoms with Gasteiger partial charge in [0.05, 0.1) is 16.6 Å². The van der Waals surface area contributed by atoms with Crippen LogP contribution >= 0.6 is 0 Å². The number of aryl methyl sites for hydroxylation is 3. The minimum absolute atomic E-state index is 0.222. The summed E-state index contributed by atoms with van der Waals surface area (Å²) in [4.78, 5) is 20.9. The highest BCUT2D eigenvalue weighted by molar-refractivity contribution is 5.86. The van der Waals surface area contributed by atoms with Crippen molar-refractivity contribution in [1.29, 1.82) is 0 Å². The van der Waals surface area contributed by atoms with Crippen LogP contribution in [-0.4, -0.2) is 24.1 Å². The van der Waals surface area contributed by atoms with E-state index in [0.717, 1.165) is 34.8 Å². The number of halogens is 3. The number of benzene rings is 1. The predicted molar refractivity (Wildman–Crippen MR) is 119 cm³/mol. The number of nitrogens with zero attached hydrogens (tertiary/aromatic N) is 5. The summed E-state index contributed by atoms with van der Waals surface area (Å²) in [5, 5.41) is 5.00. The van der Waals surface area contributed by atoms with Gasteiger partial charge in [-0.05, 0) is 49.7 Å². The van der Waals surface area contributed by atoms with Crippen molar-refractivity contribution in [2.45, 2.75) is 20.0 Å². The van der Waals surface area contributed by atoms with Gasteiger partial charge in [0.2, 0.25) is 0 Å². The second kappa shape index (κ2) is 7.26. The van der Waals surface area contributed by atoms with Gasteiger partial charge in [0.25, 0.3) is 5.56 Å². The van der Waals surface area contributed by atoms with E-state index in [2.05, 4.69) is 15.1 Å². The van der Waals surface area contributed by atoms with Gasteiger partial charge in [-0.25, -0.2) is 4.52 Å². The Morgan fingerprint density at radius 1 is 0.939 bits per heavy atom. The molecule has 0 saturated heterocycles. The summed E-state index contributed by atoms with van der Waals surface area (Å²) in [6.45, 7) is 3.83. The molecule has 4 heterocycles. The van der Waals surface area contributed by atoms with E-state index in [4.69, 9.17) is 0 Å². The van der Waals surface area contributed by atoms with Gasteiger partial charge in [-0.2, -0.15) is 18.3 Å². The van der Waals surface area contributed by atoms with Crippen molar-refractivity contribution in [1.82, 2.24) is 24.1 Å². The molecule has 0 aliphatic carbocycles. The number of pyridine rings is 2. The molecular formula is C24H18F3N5O. The Bertz CT molecular complexity index is 1620. The molecule has 0 unspecified atom stereocenters. The second-order valence-electron chi connectivity index (χ2n) is 7.91. The molecule has 0 aliphatic heterocycles. The van der Waals surface area contributed by atoms with Crippen LogP contribution in [-0.2, 0) is 13.2 Å². The lowest BCUT2D eigenvalue weighted by molar-refractivity contribution is -0.141. The lowest BCUT2D eigenvalue weighted by Gasteiger charge is -2.10. The van der Waals surface area contributed by atoms with Crippen molar-refractivity contribution in [3.05, 3.63) is 82.2 Å². The molecule has 6 nitrogen and oxygen atoms in total. The Kier molecular flexibility index (Phi) is 4.59. The van der Waals surface area contributed by atoms with E-state index >= 15 is 0 Å². The number of fused-ring (bicyclic) bond motifs is 3. The molecule has 9 heteroatoms. The zero-order valence-electron chi connectivity index (χ0n) is 18.0. The molecule has 0 bridgehead atoms. The maximum atomic E-state index is 13.1. The summed E-state index contributed by atoms with van der Waals surface area (Å²) in [5.41, 5.74) is 3.91. The first-order valence-corrected chi connectivity index (χ1v) is 10.1. The fourth-order valence-electron chi connectivity index (χ4n) is 4.01. The minimum Gasteiger partial charge on any atom is -0.296 e. The Labute approximate surface area is 186 Å². The van der Waals surface area contributed by atoms with Crippen molar-refractivity contribution >= 4 is 16.6 Å². The number of aromatic nitrogens is 5. The average Bonchev–Trinajstić information content (AvgIpc) is 3.23. The van der Waals surface area contributed by atoms with E-state index in [9.17, 15) is 18.0 Å². The molecule has 166 valence electrons. The van der Waals surface area contributed by atoms with E-state index in [1.54, 1.807) is 23.7 Å². The highest BCUT2D eigenvalue weighted by Crippen LogP contribution is 2.31. The normalized spacial score (nSPS) is 12.1. The van der Waals surface area contributed by atoms with Crippen LogP contribution in [0.25, 0.3) is 38.9 Å². The van der Waals surface area contributed by atoms with Crippen LogP contribution in [0.2, 0.25) is 0 Å². The van der Waals surface area contributed by atoms with E-state index in [1.165, 1.54) is 10.6 Å². The van der Waals surface area contributed by atoms with Crippen molar-refractivity contribution in [3.63, 3.8) is 0 Å². The molecule has 33 heavy (non-hydrogen) atoms. The van der Waals surface area contributed by atoms with Crippen molar-refractivity contribution in [2.24, 2.45) is 7.05 Å². The van der Waals surface area contributed by atoms with Gasteiger partial charge in [0, 0.05) is 41.8 Å². The Balaban J connectivity index is 1.76. The van der Waals surface area contributed by atoms with Gasteiger partial charge < -0.3 is 0 Å². The van der Waals surface area contributed by atoms with Crippen LogP contribution in [0.5, 0.6) is 0 Å². The molecule has 5 aromatic rings. The summed E-state index contributed by atoms with van der Waals surface area (Å²) in [6.07, 6.45) is -3.46. The SMILES string of the molecule is Cc1ccc(-c2ccc3c(=O)n(C)c4cc(-c5ccnc(C(F)(F)F)c5)nn4c3c2)c(C)n1. The third-order valence-electron chi connectivity index (χ3n) is 5.68. The Hall–Kier alpha value is -4.01. The number of hydrogen-bond donors (Lipinski definition) is 0. The summed E-state index contributed by atoms with van der Waals surface area (Å²) >= 11 is 0. The van der Waals surface area contributed by atoms with Crippen LogP contribution < -0.4 is 5.56 Å². The van der Waals surface area contributed by atoms with Gasteiger partial charge in [-0.15, -0.1) is 0 Å². The predicted octanol–water partition coefficient (Wildman–Crippen LogP) is 4.95. The van der Waals surface area contributed by atoms with E-state index < -0.39 is 11.9 Å². The van der Waals surface area contributed by atoms with E-state index in [0.29, 0.717) is 22.2 Å². The molecule has 5 rings (SSSR count). The largest absolute Gasteiger partial charge is 0.433 e. The first-order valence-electron chi connectivity index (χ1n) is 10.1. The van der Waals surface area contributed by atoms with Crippen LogP contribution in [0.4, 0.5) is 13.2 Å². The van der Waals surface area contributed by atoms with Crippen molar-refractivity contribution < 1.29 is 13.2 Å². The highest BCUT2D eigenvalue weighted by Gasteiger charge is 2.32. The van der Waals surface area contributed by atoms with Crippen LogP contribution in [0, 0.1) is 13.8 Å². The monoisotopic (exact) mass is 449 g/mol. The van der Waals surface area contributed by atoms with Gasteiger partial charge in [0.15, 0.2) is 0 Å². The molecular weight excluding hydrogens is 431 g/mol. The summed E-state index contributed by atoms with van der Waals surface area (Å²) in [6, 6.07) is 13.4. The van der Waals surface area contributed by atoms with E-state index in [1.807, 2.05) is 38.1 Å². The summed E-state index contributed by atoms with van der Waals surface area (Å²) in [7, 11) is 1.61. The molecule has 1 aromatic carbocycles. The molecule has 0 saturated carbocycles. The average molecular weight is 449 g/mol. The quantitative estimate of drug-likeness (QED) is 0.383. The third kappa shape index (κ3) is 3.45. The van der Waals surface area contributed by atoms with Gasteiger partial charge >= 0.3 is 6.18 Å². The maximum Gasteiger partial charge on any atom is 0.433 e. The molecule has 0 spiro atoms. The molecule has 0 radical (unpaired) electrons. The van der Waals surface area contributed by atoms with Crippen LogP contribution in [0.1, 0.15) is 17.1 Å². The third-order valence-corrected chi connectivity index (χ3v) is 5.68. The van der Waals surface area contributed by atoms with Crippen molar-refractivity contribution in [2.75, 3.05) is 0 Å². The summed E-state index contributed by atoms with van der Waals surface area (Å²) in [5.74, 6) is 0. The molecule has 4 aromatic heterocycles. The number of rotatable bonds is 2. The first-order chi connectivity index (χ1) is 15.6. The maximum absolute atomic E-state index is 13.1. The molecule has 0 N–H and O–H groups in total. The first kappa shape index (κ1) is 20.9. The number of alkyl halides is 3. The number of hydrogen-bond acceptors (Lipinski definition) is 4. The standard InChI is InChI=1S/C24H18F3N5O/c1-13-4-6-17(14(2)29-13)15-5-7-18-20(10-15)32-22(31(3)23(18)33)12-19(30-32)16-8-9-28-21(11-16)24(25,26)27/h4-12H,1-3H3. The summed E-state index contributed by atoms with van der Waals surface area (Å²) < 4.78 is 42.4. The molecule has 0 atom stereocenters. The molecule has 0 aliphatic rings.